The highest BCUT2D eigenvalue weighted by molar-refractivity contribution is 6.11. The molecule has 0 bridgehead atoms. The molecule has 3 atom stereocenters. The van der Waals surface area contributed by atoms with Crippen LogP contribution in [0.3, 0.4) is 0 Å². The standard InChI is InChI=1S/C8H13BN6O2/c9-8-2-6(16-4-12-14-10)7(17-8)1-5-3-11-15-13-5/h3,6-8H,1-2,4,9H2,(H,11,13,15). The van der Waals surface area contributed by atoms with Gasteiger partial charge in [-0.05, 0) is 12.0 Å². The molecular weight excluding hydrogens is 223 g/mol. The van der Waals surface area contributed by atoms with Crippen LogP contribution in [0.4, 0.5) is 0 Å². The molecule has 9 heteroatoms. The normalized spacial score (nSPS) is 27.9. The quantitative estimate of drug-likeness (QED) is 0.329. The van der Waals surface area contributed by atoms with Gasteiger partial charge in [0, 0.05) is 23.5 Å². The molecule has 0 aliphatic carbocycles. The molecule has 1 N–H and O–H groups in total. The van der Waals surface area contributed by atoms with Gasteiger partial charge in [-0.1, -0.05) is 10.3 Å². The molecular formula is C8H13BN6O2. The summed E-state index contributed by atoms with van der Waals surface area (Å²) in [4.78, 5) is 2.65. The SMILES string of the molecule is BC1CC(OCN=[N+]=[N-])C(Cc2c[nH]nn2)O1. The van der Waals surface area contributed by atoms with Crippen LogP contribution in [-0.4, -0.2) is 48.2 Å². The third-order valence-corrected chi connectivity index (χ3v) is 2.67. The lowest BCUT2D eigenvalue weighted by atomic mass is 9.95. The van der Waals surface area contributed by atoms with Gasteiger partial charge in [0.05, 0.1) is 17.9 Å². The average molecular weight is 236 g/mol. The van der Waals surface area contributed by atoms with Gasteiger partial charge in [-0.25, -0.2) is 0 Å². The van der Waals surface area contributed by atoms with Crippen LogP contribution in [0.5, 0.6) is 0 Å². The van der Waals surface area contributed by atoms with Gasteiger partial charge in [-0.3, -0.25) is 5.10 Å². The second kappa shape index (κ2) is 5.67. The van der Waals surface area contributed by atoms with Crippen molar-refractivity contribution in [2.75, 3.05) is 6.73 Å². The lowest BCUT2D eigenvalue weighted by Gasteiger charge is -2.16. The maximum Gasteiger partial charge on any atom is 0.139 e. The zero-order valence-electron chi connectivity index (χ0n) is 9.48. The number of nitrogens with one attached hydrogen (secondary N) is 1. The first kappa shape index (κ1) is 11.9. The summed E-state index contributed by atoms with van der Waals surface area (Å²) < 4.78 is 11.2. The number of aromatic nitrogens is 3. The molecule has 1 aliphatic heterocycles. The van der Waals surface area contributed by atoms with Gasteiger partial charge in [-0.2, -0.15) is 0 Å². The van der Waals surface area contributed by atoms with Gasteiger partial charge in [0.25, 0.3) is 0 Å². The molecule has 2 heterocycles. The molecule has 90 valence electrons. The van der Waals surface area contributed by atoms with Crippen molar-refractivity contribution in [3.8, 4) is 0 Å². The van der Waals surface area contributed by atoms with E-state index in [0.29, 0.717) is 6.42 Å². The maximum atomic E-state index is 8.19. The Morgan fingerprint density at radius 3 is 3.35 bits per heavy atom. The molecule has 0 spiro atoms. The molecule has 17 heavy (non-hydrogen) atoms. The summed E-state index contributed by atoms with van der Waals surface area (Å²) in [7, 11) is 1.99. The van der Waals surface area contributed by atoms with Crippen molar-refractivity contribution in [1.82, 2.24) is 15.4 Å². The molecule has 0 amide bonds. The summed E-state index contributed by atoms with van der Waals surface area (Å²) >= 11 is 0. The molecule has 0 saturated carbocycles. The van der Waals surface area contributed by atoms with Crippen molar-refractivity contribution in [2.24, 2.45) is 5.11 Å². The van der Waals surface area contributed by atoms with Gasteiger partial charge in [0.15, 0.2) is 0 Å². The van der Waals surface area contributed by atoms with Gasteiger partial charge < -0.3 is 9.47 Å². The summed E-state index contributed by atoms with van der Waals surface area (Å²) in [6, 6.07) is 0.142. The van der Waals surface area contributed by atoms with Gasteiger partial charge in [0.1, 0.15) is 14.6 Å². The van der Waals surface area contributed by atoms with Crippen LogP contribution in [0.25, 0.3) is 10.4 Å². The second-order valence-electron chi connectivity index (χ2n) is 3.95. The number of rotatable bonds is 5. The first-order chi connectivity index (χ1) is 8.29. The first-order valence-corrected chi connectivity index (χ1v) is 5.43. The number of azide groups is 1. The van der Waals surface area contributed by atoms with E-state index < -0.39 is 0 Å². The number of hydrogen-bond donors (Lipinski definition) is 1. The van der Waals surface area contributed by atoms with Crippen LogP contribution in [0.15, 0.2) is 11.3 Å². The Labute approximate surface area is 98.7 Å². The lowest BCUT2D eigenvalue weighted by molar-refractivity contribution is -0.0103. The predicted molar refractivity (Wildman–Crippen MR) is 60.8 cm³/mol. The van der Waals surface area contributed by atoms with Crippen molar-refractivity contribution >= 4 is 7.85 Å². The molecule has 2 rings (SSSR count). The van der Waals surface area contributed by atoms with Crippen LogP contribution in [0.2, 0.25) is 0 Å². The van der Waals surface area contributed by atoms with E-state index in [-0.39, 0.29) is 24.9 Å². The van der Waals surface area contributed by atoms with Crippen molar-refractivity contribution in [1.29, 1.82) is 0 Å². The van der Waals surface area contributed by atoms with E-state index in [1.807, 2.05) is 7.85 Å². The summed E-state index contributed by atoms with van der Waals surface area (Å²) in [5, 5.41) is 13.6. The Morgan fingerprint density at radius 2 is 2.65 bits per heavy atom. The van der Waals surface area contributed by atoms with Crippen molar-refractivity contribution < 1.29 is 9.47 Å². The molecule has 8 nitrogen and oxygen atoms in total. The minimum Gasteiger partial charge on any atom is -0.381 e. The zero-order valence-corrected chi connectivity index (χ0v) is 9.48. The van der Waals surface area contributed by atoms with E-state index >= 15 is 0 Å². The smallest absolute Gasteiger partial charge is 0.139 e. The van der Waals surface area contributed by atoms with Gasteiger partial charge in [0.2, 0.25) is 0 Å². The van der Waals surface area contributed by atoms with Gasteiger partial charge in [-0.15, -0.1) is 5.10 Å². The van der Waals surface area contributed by atoms with E-state index in [9.17, 15) is 0 Å². The fourth-order valence-corrected chi connectivity index (χ4v) is 1.96. The summed E-state index contributed by atoms with van der Waals surface area (Å²) in [6.07, 6.45) is 3.04. The summed E-state index contributed by atoms with van der Waals surface area (Å²) in [5.74, 6) is 0. The maximum absolute atomic E-state index is 8.19. The summed E-state index contributed by atoms with van der Waals surface area (Å²) in [6.45, 7) is 0.0343. The minimum absolute atomic E-state index is 0.0343. The fourth-order valence-electron chi connectivity index (χ4n) is 1.96. The molecule has 1 fully saturated rings. The molecule has 1 aromatic heterocycles. The molecule has 0 aromatic carbocycles. The molecule has 0 radical (unpaired) electrons. The fraction of sp³-hybridized carbons (Fsp3) is 0.750. The highest BCUT2D eigenvalue weighted by Crippen LogP contribution is 2.24. The molecule has 1 aromatic rings. The Kier molecular flexibility index (Phi) is 3.97. The average Bonchev–Trinajstić information content (AvgIpc) is 2.90. The third kappa shape index (κ3) is 3.19. The Hall–Kier alpha value is -1.57. The van der Waals surface area contributed by atoms with Gasteiger partial charge >= 0.3 is 0 Å². The third-order valence-electron chi connectivity index (χ3n) is 2.67. The van der Waals surface area contributed by atoms with Crippen LogP contribution < -0.4 is 0 Å². The van der Waals surface area contributed by atoms with Crippen molar-refractivity contribution in [2.45, 2.75) is 31.1 Å². The van der Waals surface area contributed by atoms with Crippen LogP contribution in [-0.2, 0) is 15.9 Å². The van der Waals surface area contributed by atoms with E-state index in [0.717, 1.165) is 12.1 Å². The van der Waals surface area contributed by atoms with Crippen molar-refractivity contribution in [3.63, 3.8) is 0 Å². The summed E-state index contributed by atoms with van der Waals surface area (Å²) in [5.41, 5.74) is 9.02. The first-order valence-electron chi connectivity index (χ1n) is 5.43. The Balaban J connectivity index is 1.91. The minimum atomic E-state index is -0.0657. The molecule has 1 saturated heterocycles. The van der Waals surface area contributed by atoms with Crippen LogP contribution >= 0.6 is 0 Å². The van der Waals surface area contributed by atoms with E-state index in [2.05, 4.69) is 25.4 Å². The monoisotopic (exact) mass is 236 g/mol. The molecule has 3 unspecified atom stereocenters. The number of aromatic amines is 1. The highest BCUT2D eigenvalue weighted by atomic mass is 16.6. The lowest BCUT2D eigenvalue weighted by Crippen LogP contribution is -2.27. The largest absolute Gasteiger partial charge is 0.381 e. The number of hydrogen-bond acceptors (Lipinski definition) is 5. The number of ether oxygens (including phenoxy) is 2. The van der Waals surface area contributed by atoms with Crippen molar-refractivity contribution in [3.05, 3.63) is 22.3 Å². The number of H-pyrrole nitrogens is 1. The van der Waals surface area contributed by atoms with E-state index in [1.54, 1.807) is 6.20 Å². The van der Waals surface area contributed by atoms with Crippen LogP contribution in [0, 0.1) is 0 Å². The predicted octanol–water partition coefficient (Wildman–Crippen LogP) is -0.252. The number of nitrogens with zero attached hydrogens (tertiary/aromatic N) is 5. The topological polar surface area (TPSA) is 109 Å². The Bertz CT molecular complexity index is 393. The Morgan fingerprint density at radius 1 is 1.76 bits per heavy atom. The zero-order chi connectivity index (χ0) is 12.1. The van der Waals surface area contributed by atoms with Crippen LogP contribution in [0.1, 0.15) is 12.1 Å². The molecule has 1 aliphatic rings. The second-order valence-corrected chi connectivity index (χ2v) is 3.95. The highest BCUT2D eigenvalue weighted by Gasteiger charge is 2.33. The van der Waals surface area contributed by atoms with E-state index in [1.165, 1.54) is 0 Å². The van der Waals surface area contributed by atoms with E-state index in [4.69, 9.17) is 15.0 Å².